The number of nitrogens with one attached hydrogen (secondary N) is 2. The van der Waals surface area contributed by atoms with Crippen molar-refractivity contribution in [2.24, 2.45) is 0 Å². The summed E-state index contributed by atoms with van der Waals surface area (Å²) in [7, 11) is 3.73. The minimum Gasteiger partial charge on any atom is -0.494 e. The molecule has 4 rings (SSSR count). The van der Waals surface area contributed by atoms with Gasteiger partial charge in [-0.25, -0.2) is 4.98 Å². The monoisotopic (exact) mass is 329 g/mol. The summed E-state index contributed by atoms with van der Waals surface area (Å²) in [5, 5.41) is 11.2. The molecule has 0 amide bonds. The molecule has 0 spiro atoms. The minimum atomic E-state index is 0.307. The van der Waals surface area contributed by atoms with Crippen LogP contribution in [0.3, 0.4) is 0 Å². The van der Waals surface area contributed by atoms with Gasteiger partial charge in [0, 0.05) is 26.2 Å². The lowest BCUT2D eigenvalue weighted by Crippen LogP contribution is -2.44. The van der Waals surface area contributed by atoms with E-state index in [0.717, 1.165) is 37.2 Å². The molecule has 2 N–H and O–H groups in total. The van der Waals surface area contributed by atoms with Crippen molar-refractivity contribution in [1.82, 2.24) is 25.1 Å². The van der Waals surface area contributed by atoms with Crippen molar-refractivity contribution in [3.63, 3.8) is 0 Å². The molecule has 0 aliphatic carbocycles. The molecule has 1 fully saturated rings. The van der Waals surface area contributed by atoms with Gasteiger partial charge in [-0.15, -0.1) is 0 Å². The van der Waals surface area contributed by atoms with Gasteiger partial charge in [-0.3, -0.25) is 5.32 Å². The highest BCUT2D eigenvalue weighted by Gasteiger charge is 2.19. The Bertz CT molecular complexity index is 835. The maximum Gasteiger partial charge on any atom is 0.323 e. The van der Waals surface area contributed by atoms with Crippen LogP contribution in [0.1, 0.15) is 0 Å². The minimum absolute atomic E-state index is 0.307. The van der Waals surface area contributed by atoms with Gasteiger partial charge in [0.05, 0.1) is 12.6 Å². The van der Waals surface area contributed by atoms with Crippen LogP contribution in [0.5, 0.6) is 5.75 Å². The Hall–Kier alpha value is -2.81. The molecule has 9 nitrogen and oxygen atoms in total. The molecule has 0 bridgehead atoms. The molecular weight excluding hydrogens is 310 g/mol. The summed E-state index contributed by atoms with van der Waals surface area (Å²) in [6.45, 7) is 3.71. The third-order valence-corrected chi connectivity index (χ3v) is 4.11. The number of piperazine rings is 1. The fourth-order valence-corrected chi connectivity index (χ4v) is 2.72. The highest BCUT2D eigenvalue weighted by molar-refractivity contribution is 5.83. The number of benzene rings is 1. The molecule has 9 heteroatoms. The molecule has 24 heavy (non-hydrogen) atoms. The fourth-order valence-electron chi connectivity index (χ4n) is 2.72. The van der Waals surface area contributed by atoms with Crippen LogP contribution in [0.25, 0.3) is 11.0 Å². The smallest absolute Gasteiger partial charge is 0.323 e. The molecule has 1 aliphatic rings. The Morgan fingerprint density at radius 3 is 2.83 bits per heavy atom. The molecule has 3 aromatic rings. The number of rotatable bonds is 4. The summed E-state index contributed by atoms with van der Waals surface area (Å²) in [6.07, 6.45) is 0. The van der Waals surface area contributed by atoms with E-state index in [9.17, 15) is 0 Å². The zero-order valence-corrected chi connectivity index (χ0v) is 13.6. The second-order valence-corrected chi connectivity index (χ2v) is 5.75. The molecule has 1 aromatic carbocycles. The first kappa shape index (κ1) is 14.8. The topological polar surface area (TPSA) is 95.3 Å². The van der Waals surface area contributed by atoms with Crippen molar-refractivity contribution in [3.05, 3.63) is 18.2 Å². The van der Waals surface area contributed by atoms with Crippen LogP contribution in [0.2, 0.25) is 0 Å². The number of aromatic nitrogens is 4. The molecule has 0 radical (unpaired) electrons. The quantitative estimate of drug-likeness (QED) is 0.742. The van der Waals surface area contributed by atoms with Gasteiger partial charge in [0.25, 0.3) is 0 Å². The van der Waals surface area contributed by atoms with Crippen LogP contribution in [-0.4, -0.2) is 65.4 Å². The van der Waals surface area contributed by atoms with Crippen LogP contribution >= 0.6 is 0 Å². The summed E-state index contributed by atoms with van der Waals surface area (Å²) in [5.41, 5.74) is 1.62. The van der Waals surface area contributed by atoms with Crippen molar-refractivity contribution in [1.29, 1.82) is 0 Å². The average Bonchev–Trinajstić information content (AvgIpc) is 3.22. The largest absolute Gasteiger partial charge is 0.494 e. The molecule has 3 heterocycles. The van der Waals surface area contributed by atoms with Crippen LogP contribution in [0.4, 0.5) is 18.0 Å². The number of H-pyrrole nitrogens is 1. The SMILES string of the molecule is COc1cccc2[nH]c(Nc3nnc(N4CCN(C)CC4)o3)nc12. The van der Waals surface area contributed by atoms with E-state index in [-0.39, 0.29) is 0 Å². The average molecular weight is 329 g/mol. The van der Waals surface area contributed by atoms with Crippen LogP contribution < -0.4 is 15.0 Å². The molecule has 2 aromatic heterocycles. The second-order valence-electron chi connectivity index (χ2n) is 5.75. The summed E-state index contributed by atoms with van der Waals surface area (Å²) in [6, 6.07) is 6.53. The van der Waals surface area contributed by atoms with Crippen molar-refractivity contribution in [3.8, 4) is 5.75 Å². The summed E-state index contributed by atoms with van der Waals surface area (Å²) < 4.78 is 11.0. The number of imidazole rings is 1. The Labute approximate surface area is 138 Å². The Balaban J connectivity index is 1.52. The Kier molecular flexibility index (Phi) is 3.69. The Morgan fingerprint density at radius 2 is 2.04 bits per heavy atom. The van der Waals surface area contributed by atoms with Crippen LogP contribution in [-0.2, 0) is 0 Å². The lowest BCUT2D eigenvalue weighted by atomic mass is 10.3. The van der Waals surface area contributed by atoms with Crippen molar-refractivity contribution in [2.45, 2.75) is 0 Å². The number of anilines is 3. The first-order valence-electron chi connectivity index (χ1n) is 7.79. The van der Waals surface area contributed by atoms with E-state index in [4.69, 9.17) is 9.15 Å². The van der Waals surface area contributed by atoms with E-state index >= 15 is 0 Å². The zero-order chi connectivity index (χ0) is 16.5. The van der Waals surface area contributed by atoms with E-state index in [0.29, 0.717) is 23.7 Å². The molecule has 126 valence electrons. The molecule has 0 unspecified atom stereocenters. The van der Waals surface area contributed by atoms with Gasteiger partial charge in [0.15, 0.2) is 0 Å². The maximum absolute atomic E-state index is 5.70. The van der Waals surface area contributed by atoms with E-state index < -0.39 is 0 Å². The first-order valence-corrected chi connectivity index (χ1v) is 7.79. The zero-order valence-electron chi connectivity index (χ0n) is 13.6. The third-order valence-electron chi connectivity index (χ3n) is 4.11. The first-order chi connectivity index (χ1) is 11.7. The van der Waals surface area contributed by atoms with Crippen molar-refractivity contribution in [2.75, 3.05) is 50.6 Å². The number of hydrogen-bond donors (Lipinski definition) is 2. The molecule has 0 atom stereocenters. The number of methoxy groups -OCH3 is 1. The number of nitrogens with zero attached hydrogens (tertiary/aromatic N) is 5. The highest BCUT2D eigenvalue weighted by Crippen LogP contribution is 2.26. The van der Waals surface area contributed by atoms with Gasteiger partial charge in [-0.1, -0.05) is 16.3 Å². The molecule has 1 saturated heterocycles. The van der Waals surface area contributed by atoms with Crippen LogP contribution in [0.15, 0.2) is 22.6 Å². The Morgan fingerprint density at radius 1 is 1.21 bits per heavy atom. The van der Waals surface area contributed by atoms with Gasteiger partial charge in [0.2, 0.25) is 5.95 Å². The molecule has 0 saturated carbocycles. The number of ether oxygens (including phenoxy) is 1. The number of para-hydroxylation sites is 1. The van der Waals surface area contributed by atoms with Gasteiger partial charge >= 0.3 is 12.0 Å². The van der Waals surface area contributed by atoms with E-state index in [1.165, 1.54) is 0 Å². The summed E-state index contributed by atoms with van der Waals surface area (Å²) >= 11 is 0. The lowest BCUT2D eigenvalue weighted by Gasteiger charge is -2.30. The van der Waals surface area contributed by atoms with E-state index in [1.807, 2.05) is 18.2 Å². The van der Waals surface area contributed by atoms with E-state index in [1.54, 1.807) is 7.11 Å². The third kappa shape index (κ3) is 2.73. The second kappa shape index (κ2) is 6.00. The predicted molar refractivity (Wildman–Crippen MR) is 89.9 cm³/mol. The molecule has 1 aliphatic heterocycles. The van der Waals surface area contributed by atoms with Gasteiger partial charge in [0.1, 0.15) is 11.3 Å². The number of aromatic amines is 1. The lowest BCUT2D eigenvalue weighted by molar-refractivity contribution is 0.305. The van der Waals surface area contributed by atoms with Gasteiger partial charge in [-0.05, 0) is 19.2 Å². The molecular formula is C15H19N7O2. The summed E-state index contributed by atoms with van der Waals surface area (Å²) in [5.74, 6) is 1.24. The predicted octanol–water partition coefficient (Wildman–Crippen LogP) is 1.45. The van der Waals surface area contributed by atoms with E-state index in [2.05, 4.69) is 42.3 Å². The normalized spacial score (nSPS) is 15.8. The number of fused-ring (bicyclic) bond motifs is 1. The van der Waals surface area contributed by atoms with Crippen molar-refractivity contribution < 1.29 is 9.15 Å². The van der Waals surface area contributed by atoms with Gasteiger partial charge < -0.3 is 23.9 Å². The van der Waals surface area contributed by atoms with Gasteiger partial charge in [-0.2, -0.15) is 0 Å². The maximum atomic E-state index is 5.70. The summed E-state index contributed by atoms with van der Waals surface area (Å²) in [4.78, 5) is 12.0. The number of hydrogen-bond acceptors (Lipinski definition) is 8. The highest BCUT2D eigenvalue weighted by atomic mass is 16.5. The standard InChI is InChI=1S/C15H19N7O2/c1-21-6-8-22(9-7-21)15-20-19-14(24-15)18-13-16-10-4-3-5-11(23-2)12(10)17-13/h3-5H,6-9H2,1-2H3,(H2,16,17,18,19). The number of likely N-dealkylation sites (N-methyl/N-ethyl adjacent to an activating group) is 1. The fraction of sp³-hybridized carbons (Fsp3) is 0.400. The van der Waals surface area contributed by atoms with Crippen molar-refractivity contribution >= 4 is 29.0 Å². The van der Waals surface area contributed by atoms with Crippen LogP contribution in [0, 0.1) is 0 Å².